The number of nitrogens with one attached hydrogen (secondary N) is 1. The molecule has 4 rings (SSSR count). The third-order valence-corrected chi connectivity index (χ3v) is 4.29. The minimum atomic E-state index is -0.0859. The van der Waals surface area contributed by atoms with Crippen LogP contribution in [-0.4, -0.2) is 33.2 Å². The third kappa shape index (κ3) is 3.56. The van der Waals surface area contributed by atoms with Crippen LogP contribution in [0.5, 0.6) is 5.75 Å². The highest BCUT2D eigenvalue weighted by atomic mass is 16.5. The molecule has 0 saturated heterocycles. The molecule has 1 aliphatic rings. The van der Waals surface area contributed by atoms with Crippen molar-refractivity contribution in [3.8, 4) is 17.1 Å². The van der Waals surface area contributed by atoms with Crippen LogP contribution in [0.25, 0.3) is 11.4 Å². The van der Waals surface area contributed by atoms with Crippen LogP contribution in [0.2, 0.25) is 0 Å². The number of anilines is 1. The van der Waals surface area contributed by atoms with Crippen molar-refractivity contribution in [3.63, 3.8) is 0 Å². The number of amides is 1. The number of nitrogens with zero attached hydrogens (tertiary/aromatic N) is 4. The van der Waals surface area contributed by atoms with Gasteiger partial charge in [-0.05, 0) is 53.1 Å². The summed E-state index contributed by atoms with van der Waals surface area (Å²) in [5.74, 6) is 1.39. The van der Waals surface area contributed by atoms with Gasteiger partial charge < -0.3 is 10.1 Å². The Kier molecular flexibility index (Phi) is 4.35. The molecule has 1 saturated carbocycles. The van der Waals surface area contributed by atoms with Gasteiger partial charge in [-0.1, -0.05) is 24.3 Å². The average molecular weight is 349 g/mol. The second-order valence-electron chi connectivity index (χ2n) is 6.34. The molecule has 0 aliphatic heterocycles. The van der Waals surface area contributed by atoms with Crippen LogP contribution >= 0.6 is 0 Å². The summed E-state index contributed by atoms with van der Waals surface area (Å²) in [6.07, 6.45) is 2.49. The molecule has 1 aromatic heterocycles. The average Bonchev–Trinajstić information content (AvgIpc) is 3.38. The minimum absolute atomic E-state index is 0.0859. The maximum Gasteiger partial charge on any atom is 0.228 e. The minimum Gasteiger partial charge on any atom is -0.497 e. The highest BCUT2D eigenvalue weighted by Crippen LogP contribution is 2.36. The normalized spacial score (nSPS) is 13.4. The Labute approximate surface area is 151 Å². The van der Waals surface area contributed by atoms with E-state index >= 15 is 0 Å². The predicted molar refractivity (Wildman–Crippen MR) is 96.9 cm³/mol. The van der Waals surface area contributed by atoms with Gasteiger partial charge in [0.05, 0.1) is 19.6 Å². The van der Waals surface area contributed by atoms with Crippen LogP contribution in [-0.2, 0) is 11.2 Å². The monoisotopic (exact) mass is 349 g/mol. The topological polar surface area (TPSA) is 81.9 Å². The SMILES string of the molecule is COc1cccc(CC(=O)Nc2cccc(-c3nnnn3C3CC3)c2)c1. The van der Waals surface area contributed by atoms with Gasteiger partial charge in [0.25, 0.3) is 0 Å². The molecular formula is C19H19N5O2. The maximum atomic E-state index is 12.4. The second kappa shape index (κ2) is 6.95. The lowest BCUT2D eigenvalue weighted by Gasteiger charge is -2.08. The molecule has 1 heterocycles. The number of ether oxygens (including phenoxy) is 1. The van der Waals surface area contributed by atoms with E-state index in [0.717, 1.165) is 41.2 Å². The van der Waals surface area contributed by atoms with Crippen LogP contribution < -0.4 is 10.1 Å². The van der Waals surface area contributed by atoms with Crippen LogP contribution in [0, 0.1) is 0 Å². The predicted octanol–water partition coefficient (Wildman–Crippen LogP) is 2.86. The highest BCUT2D eigenvalue weighted by Gasteiger charge is 2.28. The molecule has 26 heavy (non-hydrogen) atoms. The molecule has 0 atom stereocenters. The van der Waals surface area contributed by atoms with E-state index in [1.165, 1.54) is 0 Å². The van der Waals surface area contributed by atoms with Crippen LogP contribution in [0.1, 0.15) is 24.4 Å². The first-order valence-electron chi connectivity index (χ1n) is 8.54. The van der Waals surface area contributed by atoms with Crippen LogP contribution in [0.3, 0.4) is 0 Å². The van der Waals surface area contributed by atoms with E-state index < -0.39 is 0 Å². The summed E-state index contributed by atoms with van der Waals surface area (Å²) >= 11 is 0. The van der Waals surface area contributed by atoms with Crippen molar-refractivity contribution >= 4 is 11.6 Å². The number of hydrogen-bond donors (Lipinski definition) is 1. The Bertz CT molecular complexity index is 933. The lowest BCUT2D eigenvalue weighted by atomic mass is 10.1. The fourth-order valence-electron chi connectivity index (χ4n) is 2.86. The molecule has 132 valence electrons. The lowest BCUT2D eigenvalue weighted by molar-refractivity contribution is -0.115. The molecule has 3 aromatic rings. The maximum absolute atomic E-state index is 12.4. The molecule has 0 bridgehead atoms. The molecule has 0 unspecified atom stereocenters. The summed E-state index contributed by atoms with van der Waals surface area (Å²) in [6, 6.07) is 15.5. The number of benzene rings is 2. The van der Waals surface area contributed by atoms with Gasteiger partial charge >= 0.3 is 0 Å². The van der Waals surface area contributed by atoms with Gasteiger partial charge in [0.15, 0.2) is 5.82 Å². The van der Waals surface area contributed by atoms with Crippen molar-refractivity contribution in [2.24, 2.45) is 0 Å². The Morgan fingerprint density at radius 2 is 2.08 bits per heavy atom. The first-order valence-corrected chi connectivity index (χ1v) is 8.54. The largest absolute Gasteiger partial charge is 0.497 e. The Balaban J connectivity index is 1.48. The van der Waals surface area contributed by atoms with Gasteiger partial charge in [-0.15, -0.1) is 5.10 Å². The zero-order chi connectivity index (χ0) is 17.9. The van der Waals surface area contributed by atoms with Crippen molar-refractivity contribution in [2.75, 3.05) is 12.4 Å². The van der Waals surface area contributed by atoms with Crippen molar-refractivity contribution in [1.29, 1.82) is 0 Å². The Morgan fingerprint density at radius 1 is 1.23 bits per heavy atom. The van der Waals surface area contributed by atoms with Crippen molar-refractivity contribution < 1.29 is 9.53 Å². The first kappa shape index (κ1) is 16.3. The number of hydrogen-bond acceptors (Lipinski definition) is 5. The van der Waals surface area contributed by atoms with Gasteiger partial charge in [0.1, 0.15) is 5.75 Å². The number of carbonyl (C=O) groups is 1. The summed E-state index contributed by atoms with van der Waals surface area (Å²) in [4.78, 5) is 12.4. The second-order valence-corrected chi connectivity index (χ2v) is 6.34. The fourth-order valence-corrected chi connectivity index (χ4v) is 2.86. The Morgan fingerprint density at radius 3 is 2.88 bits per heavy atom. The van der Waals surface area contributed by atoms with Gasteiger partial charge in [0, 0.05) is 11.3 Å². The molecule has 0 radical (unpaired) electrons. The molecule has 7 nitrogen and oxygen atoms in total. The first-order chi connectivity index (χ1) is 12.7. The smallest absolute Gasteiger partial charge is 0.228 e. The van der Waals surface area contributed by atoms with E-state index in [1.54, 1.807) is 7.11 Å². The van der Waals surface area contributed by atoms with E-state index in [0.29, 0.717) is 6.04 Å². The summed E-state index contributed by atoms with van der Waals surface area (Å²) in [5, 5.41) is 14.9. The quantitative estimate of drug-likeness (QED) is 0.740. The summed E-state index contributed by atoms with van der Waals surface area (Å²) in [5.41, 5.74) is 2.51. The van der Waals surface area contributed by atoms with E-state index in [-0.39, 0.29) is 12.3 Å². The summed E-state index contributed by atoms with van der Waals surface area (Å²) in [6.45, 7) is 0. The van der Waals surface area contributed by atoms with E-state index in [2.05, 4.69) is 20.8 Å². The lowest BCUT2D eigenvalue weighted by Crippen LogP contribution is -2.14. The third-order valence-electron chi connectivity index (χ3n) is 4.29. The van der Waals surface area contributed by atoms with E-state index in [4.69, 9.17) is 4.74 Å². The highest BCUT2D eigenvalue weighted by molar-refractivity contribution is 5.92. The number of methoxy groups -OCH3 is 1. The number of tetrazole rings is 1. The zero-order valence-electron chi connectivity index (χ0n) is 14.4. The standard InChI is InChI=1S/C19H19N5O2/c1-26-17-7-2-4-13(10-17)11-18(25)20-15-6-3-5-14(12-15)19-21-22-23-24(19)16-8-9-16/h2-7,10,12,16H,8-9,11H2,1H3,(H,20,25). The van der Waals surface area contributed by atoms with Crippen molar-refractivity contribution in [1.82, 2.24) is 20.2 Å². The van der Waals surface area contributed by atoms with Crippen molar-refractivity contribution in [2.45, 2.75) is 25.3 Å². The van der Waals surface area contributed by atoms with Gasteiger partial charge in [-0.3, -0.25) is 4.79 Å². The van der Waals surface area contributed by atoms with Crippen LogP contribution in [0.15, 0.2) is 48.5 Å². The van der Waals surface area contributed by atoms with Crippen LogP contribution in [0.4, 0.5) is 5.69 Å². The summed E-state index contributed by atoms with van der Waals surface area (Å²) in [7, 11) is 1.61. The number of rotatable bonds is 6. The molecule has 2 aromatic carbocycles. The summed E-state index contributed by atoms with van der Waals surface area (Å²) < 4.78 is 7.05. The molecule has 1 N–H and O–H groups in total. The van der Waals surface area contributed by atoms with Gasteiger partial charge in [-0.25, -0.2) is 4.68 Å². The van der Waals surface area contributed by atoms with Gasteiger partial charge in [0.2, 0.25) is 5.91 Å². The fraction of sp³-hybridized carbons (Fsp3) is 0.263. The molecular weight excluding hydrogens is 330 g/mol. The van der Waals surface area contributed by atoms with E-state index in [1.807, 2.05) is 53.2 Å². The van der Waals surface area contributed by atoms with Gasteiger partial charge in [-0.2, -0.15) is 0 Å². The zero-order valence-corrected chi connectivity index (χ0v) is 14.4. The van der Waals surface area contributed by atoms with E-state index in [9.17, 15) is 4.79 Å². The number of aromatic nitrogens is 4. The number of carbonyl (C=O) groups excluding carboxylic acids is 1. The molecule has 1 aliphatic carbocycles. The Hall–Kier alpha value is -3.22. The molecule has 0 spiro atoms. The molecule has 1 amide bonds. The van der Waals surface area contributed by atoms with Crippen molar-refractivity contribution in [3.05, 3.63) is 54.1 Å². The molecule has 1 fully saturated rings. The molecule has 7 heteroatoms.